The van der Waals surface area contributed by atoms with Gasteiger partial charge in [-0.3, -0.25) is 0 Å². The van der Waals surface area contributed by atoms with E-state index in [4.69, 9.17) is 11.6 Å². The van der Waals surface area contributed by atoms with Crippen LogP contribution in [0, 0.1) is 0 Å². The van der Waals surface area contributed by atoms with Gasteiger partial charge in [0.25, 0.3) is 10.0 Å². The Balaban J connectivity index is 2.36. The van der Waals surface area contributed by atoms with Gasteiger partial charge in [-0.1, -0.05) is 11.6 Å². The number of nitrogens with zero attached hydrogens (tertiary/aromatic N) is 1. The van der Waals surface area contributed by atoms with Crippen molar-refractivity contribution in [2.75, 3.05) is 6.54 Å². The largest absolute Gasteiger partial charge is 0.548 e. The molecule has 2 heterocycles. The summed E-state index contributed by atoms with van der Waals surface area (Å²) in [7, 11) is -3.77. The molecule has 0 saturated carbocycles. The molecule has 8 heteroatoms. The molecule has 1 aliphatic rings. The first kappa shape index (κ1) is 12.8. The van der Waals surface area contributed by atoms with E-state index in [1.165, 1.54) is 12.1 Å². The average Bonchev–Trinajstić information content (AvgIpc) is 2.84. The summed E-state index contributed by atoms with van der Waals surface area (Å²) in [6.07, 6.45) is 0.817. The zero-order valence-corrected chi connectivity index (χ0v) is 11.0. The van der Waals surface area contributed by atoms with Crippen LogP contribution in [0.3, 0.4) is 0 Å². The van der Waals surface area contributed by atoms with E-state index < -0.39 is 22.0 Å². The zero-order valence-electron chi connectivity index (χ0n) is 8.63. The van der Waals surface area contributed by atoms with Crippen LogP contribution in [0.2, 0.25) is 4.34 Å². The van der Waals surface area contributed by atoms with Gasteiger partial charge in [0.1, 0.15) is 4.21 Å². The second-order valence-corrected chi connectivity index (χ2v) is 7.48. The average molecular weight is 295 g/mol. The van der Waals surface area contributed by atoms with Crippen LogP contribution in [0.15, 0.2) is 16.3 Å². The molecule has 0 N–H and O–H groups in total. The number of halogens is 1. The van der Waals surface area contributed by atoms with Crippen molar-refractivity contribution < 1.29 is 18.3 Å². The van der Waals surface area contributed by atoms with Gasteiger partial charge in [-0.15, -0.1) is 11.3 Å². The highest BCUT2D eigenvalue weighted by Gasteiger charge is 2.36. The van der Waals surface area contributed by atoms with E-state index in [0.717, 1.165) is 15.6 Å². The summed E-state index contributed by atoms with van der Waals surface area (Å²) in [5, 5.41) is 10.9. The molecule has 94 valence electrons. The monoisotopic (exact) mass is 294 g/mol. The molecule has 0 unspecified atom stereocenters. The number of carboxylic acids is 1. The fourth-order valence-corrected chi connectivity index (χ4v) is 5.07. The lowest BCUT2D eigenvalue weighted by Crippen LogP contribution is -2.46. The molecule has 17 heavy (non-hydrogen) atoms. The normalized spacial score (nSPS) is 21.8. The maximum atomic E-state index is 12.1. The summed E-state index contributed by atoms with van der Waals surface area (Å²) in [6, 6.07) is 1.79. The lowest BCUT2D eigenvalue weighted by Gasteiger charge is -2.23. The Bertz CT molecular complexity index is 539. The van der Waals surface area contributed by atoms with Crippen LogP contribution in [-0.2, 0) is 14.8 Å². The number of sulfonamides is 1. The molecule has 1 saturated heterocycles. The van der Waals surface area contributed by atoms with E-state index in [1.807, 2.05) is 0 Å². The minimum absolute atomic E-state index is 0.0654. The Labute approximate surface area is 108 Å². The molecule has 0 amide bonds. The van der Waals surface area contributed by atoms with Crippen LogP contribution in [0.4, 0.5) is 0 Å². The molecule has 1 aromatic heterocycles. The highest BCUT2D eigenvalue weighted by molar-refractivity contribution is 7.91. The van der Waals surface area contributed by atoms with Crippen LogP contribution in [0.5, 0.6) is 0 Å². The molecule has 2 rings (SSSR count). The fraction of sp³-hybridized carbons (Fsp3) is 0.444. The molecule has 0 radical (unpaired) electrons. The van der Waals surface area contributed by atoms with Gasteiger partial charge in [0, 0.05) is 6.54 Å². The highest BCUT2D eigenvalue weighted by atomic mass is 35.5. The molecular formula is C9H9ClNO4S2-. The third kappa shape index (κ3) is 2.33. The van der Waals surface area contributed by atoms with Crippen LogP contribution in [-0.4, -0.2) is 31.3 Å². The molecule has 1 atom stereocenters. The molecule has 5 nitrogen and oxygen atoms in total. The second kappa shape index (κ2) is 4.56. The molecule has 0 aliphatic carbocycles. The van der Waals surface area contributed by atoms with Crippen molar-refractivity contribution in [2.24, 2.45) is 0 Å². The molecular weight excluding hydrogens is 286 g/mol. The van der Waals surface area contributed by atoms with Gasteiger partial charge >= 0.3 is 0 Å². The zero-order chi connectivity index (χ0) is 12.6. The Morgan fingerprint density at radius 2 is 2.24 bits per heavy atom. The number of carbonyl (C=O) groups excluding carboxylic acids is 1. The Morgan fingerprint density at radius 1 is 1.53 bits per heavy atom. The molecule has 1 aromatic rings. The first-order valence-corrected chi connectivity index (χ1v) is 7.54. The summed E-state index contributed by atoms with van der Waals surface area (Å²) in [4.78, 5) is 10.9. The quantitative estimate of drug-likeness (QED) is 0.803. The summed E-state index contributed by atoms with van der Waals surface area (Å²) in [5.41, 5.74) is 0. The molecule has 0 spiro atoms. The lowest BCUT2D eigenvalue weighted by molar-refractivity contribution is -0.309. The lowest BCUT2D eigenvalue weighted by atomic mass is 10.2. The number of carboxylic acid groups (broad SMARTS) is 1. The van der Waals surface area contributed by atoms with E-state index >= 15 is 0 Å². The number of thiophene rings is 1. The van der Waals surface area contributed by atoms with Crippen molar-refractivity contribution in [3.05, 3.63) is 16.5 Å². The first-order valence-electron chi connectivity index (χ1n) is 4.91. The van der Waals surface area contributed by atoms with Crippen LogP contribution in [0.1, 0.15) is 12.8 Å². The smallest absolute Gasteiger partial charge is 0.253 e. The minimum Gasteiger partial charge on any atom is -0.548 e. The van der Waals surface area contributed by atoms with Crippen LogP contribution in [0.25, 0.3) is 0 Å². The van der Waals surface area contributed by atoms with Gasteiger partial charge in [0.2, 0.25) is 0 Å². The van der Waals surface area contributed by atoms with Gasteiger partial charge in [-0.2, -0.15) is 4.31 Å². The number of hydrogen-bond acceptors (Lipinski definition) is 5. The SMILES string of the molecule is O=C([O-])[C@H]1CCCN1S(=O)(=O)c1ccc(Cl)s1. The summed E-state index contributed by atoms with van der Waals surface area (Å²) in [5.74, 6) is -1.35. The topological polar surface area (TPSA) is 77.5 Å². The van der Waals surface area contributed by atoms with Gasteiger partial charge < -0.3 is 9.90 Å². The van der Waals surface area contributed by atoms with Gasteiger partial charge in [0.15, 0.2) is 0 Å². The van der Waals surface area contributed by atoms with Crippen molar-refractivity contribution in [1.82, 2.24) is 4.31 Å². The molecule has 0 aromatic carbocycles. The van der Waals surface area contributed by atoms with Gasteiger partial charge in [0.05, 0.1) is 16.3 Å². The van der Waals surface area contributed by atoms with Crippen molar-refractivity contribution in [1.29, 1.82) is 0 Å². The van der Waals surface area contributed by atoms with E-state index in [2.05, 4.69) is 0 Å². The van der Waals surface area contributed by atoms with E-state index in [1.54, 1.807) is 0 Å². The number of carbonyl (C=O) groups is 1. The Hall–Kier alpha value is -0.630. The maximum Gasteiger partial charge on any atom is 0.253 e. The van der Waals surface area contributed by atoms with E-state index in [0.29, 0.717) is 17.2 Å². The summed E-state index contributed by atoms with van der Waals surface area (Å²) in [6.45, 7) is 0.205. The third-order valence-corrected chi connectivity index (χ3v) is 6.19. The predicted octanol–water partition coefficient (Wildman–Crippen LogP) is 0.304. The van der Waals surface area contributed by atoms with Crippen LogP contribution >= 0.6 is 22.9 Å². The molecule has 0 bridgehead atoms. The Morgan fingerprint density at radius 3 is 2.76 bits per heavy atom. The highest BCUT2D eigenvalue weighted by Crippen LogP contribution is 2.31. The van der Waals surface area contributed by atoms with E-state index in [9.17, 15) is 18.3 Å². The number of aliphatic carboxylic acids is 1. The van der Waals surface area contributed by atoms with Crippen molar-refractivity contribution in [3.8, 4) is 0 Å². The summed E-state index contributed by atoms with van der Waals surface area (Å²) >= 11 is 6.60. The predicted molar refractivity (Wildman–Crippen MR) is 61.2 cm³/mol. The fourth-order valence-electron chi connectivity index (χ4n) is 1.82. The Kier molecular flexibility index (Phi) is 3.44. The number of hydrogen-bond donors (Lipinski definition) is 0. The molecule has 1 aliphatic heterocycles. The van der Waals surface area contributed by atoms with E-state index in [-0.39, 0.29) is 10.8 Å². The van der Waals surface area contributed by atoms with Crippen molar-refractivity contribution in [2.45, 2.75) is 23.1 Å². The second-order valence-electron chi connectivity index (χ2n) is 3.65. The minimum atomic E-state index is -3.77. The van der Waals surface area contributed by atoms with Crippen molar-refractivity contribution in [3.63, 3.8) is 0 Å². The van der Waals surface area contributed by atoms with Crippen LogP contribution < -0.4 is 5.11 Å². The van der Waals surface area contributed by atoms with Gasteiger partial charge in [-0.25, -0.2) is 8.42 Å². The first-order chi connectivity index (χ1) is 7.93. The van der Waals surface area contributed by atoms with Gasteiger partial charge in [-0.05, 0) is 25.0 Å². The standard InChI is InChI=1S/C9H10ClNO4S2/c10-7-3-4-8(16-7)17(14,15)11-5-1-2-6(11)9(12)13/h3-4,6H,1-2,5H2,(H,12,13)/p-1/t6-/m1/s1. The molecule has 1 fully saturated rings. The third-order valence-electron chi connectivity index (χ3n) is 2.59. The van der Waals surface area contributed by atoms with Crippen molar-refractivity contribution >= 4 is 38.9 Å². The number of rotatable bonds is 3. The maximum absolute atomic E-state index is 12.1. The summed E-state index contributed by atoms with van der Waals surface area (Å²) < 4.78 is 25.7.